The molecule has 0 rings (SSSR count). The van der Waals surface area contributed by atoms with Gasteiger partial charge in [0.15, 0.2) is 0 Å². The van der Waals surface area contributed by atoms with Crippen molar-refractivity contribution in [2.45, 2.75) is 6.92 Å². The predicted molar refractivity (Wildman–Crippen MR) is 56.1 cm³/mol. The van der Waals surface area contributed by atoms with Gasteiger partial charge in [0, 0.05) is 0 Å². The summed E-state index contributed by atoms with van der Waals surface area (Å²) in [4.78, 5) is 0. The van der Waals surface area contributed by atoms with Crippen molar-refractivity contribution in [2.75, 3.05) is 6.16 Å². The van der Waals surface area contributed by atoms with Gasteiger partial charge in [0.25, 0.3) is 0 Å². The fourth-order valence-corrected chi connectivity index (χ4v) is 0. The van der Waals surface area contributed by atoms with E-state index in [0.29, 0.717) is 0 Å². The third kappa shape index (κ3) is 40.2. The summed E-state index contributed by atoms with van der Waals surface area (Å²) in [6.07, 6.45) is 1.17. The van der Waals surface area contributed by atoms with E-state index >= 15 is 0 Å². The summed E-state index contributed by atoms with van der Waals surface area (Å²) in [5.74, 6) is 0. The molecule has 3 N–H and O–H groups in total. The van der Waals surface area contributed by atoms with E-state index in [4.69, 9.17) is 0 Å². The van der Waals surface area contributed by atoms with Crippen LogP contribution >= 0.6 is 57.2 Å². The van der Waals surface area contributed by atoms with Gasteiger partial charge in [0.2, 0.25) is 0 Å². The van der Waals surface area contributed by atoms with E-state index in [1.54, 1.807) is 0 Å². The molecule has 44 valence electrons. The Morgan fingerprint density at radius 3 is 1.33 bits per heavy atom. The normalized spacial score (nSPS) is 3.00. The van der Waals surface area contributed by atoms with Crippen LogP contribution in [0, 0.1) is 0 Å². The second-order valence-electron chi connectivity index (χ2n) is 0.408. The van der Waals surface area contributed by atoms with E-state index in [2.05, 4.69) is 16.2 Å². The summed E-state index contributed by atoms with van der Waals surface area (Å²) < 4.78 is 0. The Bertz CT molecular complexity index is 11.5. The first-order valence-electron chi connectivity index (χ1n) is 1.12. The highest BCUT2D eigenvalue weighted by atomic mass is 127. The van der Waals surface area contributed by atoms with Crippen LogP contribution in [0.2, 0.25) is 0 Å². The standard InChI is InChI=1S/C2H7P.2HI.H3N/c1-2-3;;;/h2-3H2,1H3;2*1H;1H3. The molecule has 0 heterocycles. The lowest BCUT2D eigenvalue weighted by molar-refractivity contribution is 1.53. The molecule has 1 nitrogen and oxygen atoms in total. The maximum atomic E-state index is 2.58. The van der Waals surface area contributed by atoms with Gasteiger partial charge in [-0.25, -0.2) is 0 Å². The molecule has 0 aromatic heterocycles. The van der Waals surface area contributed by atoms with Gasteiger partial charge in [0.05, 0.1) is 0 Å². The van der Waals surface area contributed by atoms with Crippen molar-refractivity contribution in [1.82, 2.24) is 6.15 Å². The largest absolute Gasteiger partial charge is 0.344 e. The first-order chi connectivity index (χ1) is 1.41. The Hall–Kier alpha value is 1.85. The smallest absolute Gasteiger partial charge is 0.0410 e. The molecule has 0 aliphatic carbocycles. The molecule has 4 heteroatoms. The molecule has 0 saturated heterocycles. The average molecular weight is 335 g/mol. The van der Waals surface area contributed by atoms with Crippen molar-refractivity contribution in [3.63, 3.8) is 0 Å². The van der Waals surface area contributed by atoms with Crippen molar-refractivity contribution in [3.8, 4) is 0 Å². The number of hydrogen-bond acceptors (Lipinski definition) is 1. The van der Waals surface area contributed by atoms with Crippen molar-refractivity contribution >= 4 is 57.2 Å². The minimum absolute atomic E-state index is 0. The molecule has 1 unspecified atom stereocenters. The zero-order valence-corrected chi connectivity index (χ0v) is 9.62. The quantitative estimate of drug-likeness (QED) is 0.535. The van der Waals surface area contributed by atoms with Gasteiger partial charge >= 0.3 is 0 Å². The van der Waals surface area contributed by atoms with E-state index in [1.807, 2.05) is 0 Å². The van der Waals surface area contributed by atoms with E-state index in [-0.39, 0.29) is 54.1 Å². The van der Waals surface area contributed by atoms with Crippen LogP contribution in [0.5, 0.6) is 0 Å². The Labute approximate surface area is 75.9 Å². The van der Waals surface area contributed by atoms with E-state index in [1.165, 1.54) is 6.16 Å². The number of rotatable bonds is 0. The van der Waals surface area contributed by atoms with Crippen LogP contribution < -0.4 is 6.15 Å². The lowest BCUT2D eigenvalue weighted by atomic mass is 11.0. The molecule has 0 aromatic rings. The average Bonchev–Trinajstić information content (AvgIpc) is 0.918. The van der Waals surface area contributed by atoms with Crippen molar-refractivity contribution in [3.05, 3.63) is 0 Å². The maximum absolute atomic E-state index is 2.58. The van der Waals surface area contributed by atoms with Crippen LogP contribution in [0.1, 0.15) is 6.92 Å². The Balaban J connectivity index is -0.00000000667. The minimum Gasteiger partial charge on any atom is -0.344 e. The van der Waals surface area contributed by atoms with Gasteiger partial charge < -0.3 is 6.15 Å². The number of hydrogen-bond donors (Lipinski definition) is 1. The van der Waals surface area contributed by atoms with Gasteiger partial charge in [-0.1, -0.05) is 6.92 Å². The molecule has 0 spiro atoms. The summed E-state index contributed by atoms with van der Waals surface area (Å²) in [6, 6.07) is 0. The third-order valence-electron chi connectivity index (χ3n) is 0. The third-order valence-corrected chi connectivity index (χ3v) is 0. The predicted octanol–water partition coefficient (Wildman–Crippen LogP) is 2.28. The van der Waals surface area contributed by atoms with Crippen LogP contribution in [0.15, 0.2) is 0 Å². The Morgan fingerprint density at radius 2 is 1.33 bits per heavy atom. The first kappa shape index (κ1) is 24.9. The molecule has 0 aliphatic rings. The van der Waals surface area contributed by atoms with Gasteiger partial charge in [0.1, 0.15) is 0 Å². The summed E-state index contributed by atoms with van der Waals surface area (Å²) in [7, 11) is 2.58. The zero-order chi connectivity index (χ0) is 2.71. The zero-order valence-electron chi connectivity index (χ0n) is 3.81. The molecule has 0 amide bonds. The van der Waals surface area contributed by atoms with Crippen LogP contribution in [0.3, 0.4) is 0 Å². The minimum atomic E-state index is 0. The highest BCUT2D eigenvalue weighted by molar-refractivity contribution is 14.0. The van der Waals surface area contributed by atoms with Crippen LogP contribution in [-0.2, 0) is 0 Å². The van der Waals surface area contributed by atoms with Crippen molar-refractivity contribution in [2.24, 2.45) is 0 Å². The molecule has 0 bridgehead atoms. The van der Waals surface area contributed by atoms with Crippen molar-refractivity contribution in [1.29, 1.82) is 0 Å². The lowest BCUT2D eigenvalue weighted by Gasteiger charge is -1.48. The van der Waals surface area contributed by atoms with Crippen LogP contribution in [0.4, 0.5) is 0 Å². The molecule has 0 radical (unpaired) electrons. The number of halogens is 2. The monoisotopic (exact) mass is 335 g/mol. The highest BCUT2D eigenvalue weighted by Gasteiger charge is 1.35. The Kier molecular flexibility index (Phi) is 120. The summed E-state index contributed by atoms with van der Waals surface area (Å²) in [5, 5.41) is 0. The molecule has 0 aliphatic heterocycles. The second-order valence-corrected chi connectivity index (χ2v) is 1.22. The first-order valence-corrected chi connectivity index (χ1v) is 1.93. The van der Waals surface area contributed by atoms with Crippen molar-refractivity contribution < 1.29 is 0 Å². The second kappa shape index (κ2) is 28.9. The van der Waals surface area contributed by atoms with Gasteiger partial charge in [-0.15, -0.1) is 57.2 Å². The van der Waals surface area contributed by atoms with Crippen LogP contribution in [0.25, 0.3) is 0 Å². The van der Waals surface area contributed by atoms with E-state index < -0.39 is 0 Å². The highest BCUT2D eigenvalue weighted by Crippen LogP contribution is 1.68. The molecule has 1 atom stereocenters. The van der Waals surface area contributed by atoms with Gasteiger partial charge in [-0.05, 0) is 6.16 Å². The van der Waals surface area contributed by atoms with Crippen LogP contribution in [-0.4, -0.2) is 6.16 Å². The van der Waals surface area contributed by atoms with Gasteiger partial charge in [-0.3, -0.25) is 0 Å². The van der Waals surface area contributed by atoms with E-state index in [9.17, 15) is 0 Å². The fraction of sp³-hybridized carbons (Fsp3) is 1.00. The summed E-state index contributed by atoms with van der Waals surface area (Å²) in [5.41, 5.74) is 0. The SMILES string of the molecule is CCP.I.I.N. The fourth-order valence-electron chi connectivity index (χ4n) is 0. The molecule has 0 aromatic carbocycles. The molecule has 0 saturated carbocycles. The maximum Gasteiger partial charge on any atom is -0.0410 e. The molecular weight excluding hydrogens is 323 g/mol. The molecule has 0 fully saturated rings. The Morgan fingerprint density at radius 1 is 1.33 bits per heavy atom. The molecule has 6 heavy (non-hydrogen) atoms. The van der Waals surface area contributed by atoms with E-state index in [0.717, 1.165) is 0 Å². The topological polar surface area (TPSA) is 35.0 Å². The summed E-state index contributed by atoms with van der Waals surface area (Å²) in [6.45, 7) is 2.09. The lowest BCUT2D eigenvalue weighted by Crippen LogP contribution is -1.33. The summed E-state index contributed by atoms with van der Waals surface area (Å²) >= 11 is 0. The molecular formula is C2H12I2NP. The van der Waals surface area contributed by atoms with Gasteiger partial charge in [-0.2, -0.15) is 0 Å².